The molecule has 0 radical (unpaired) electrons. The number of anilines is 2. The van der Waals surface area contributed by atoms with Gasteiger partial charge in [0.15, 0.2) is 11.5 Å². The van der Waals surface area contributed by atoms with Gasteiger partial charge in [-0.3, -0.25) is 34.7 Å². The molecule has 12 nitrogen and oxygen atoms in total. The zero-order valence-corrected chi connectivity index (χ0v) is 29.4. The summed E-state index contributed by atoms with van der Waals surface area (Å²) in [5.74, 6) is -7.27. The topological polar surface area (TPSA) is 159 Å². The van der Waals surface area contributed by atoms with Crippen molar-refractivity contribution in [2.45, 2.75) is 31.1 Å². The normalized spacial score (nSPS) is 25.9. The van der Waals surface area contributed by atoms with Gasteiger partial charge in [-0.25, -0.2) is 9.29 Å². The lowest BCUT2D eigenvalue weighted by Gasteiger charge is -2.50. The summed E-state index contributed by atoms with van der Waals surface area (Å²) in [4.78, 5) is 70.6. The first-order valence-corrected chi connectivity index (χ1v) is 17.8. The third kappa shape index (κ3) is 5.24. The Morgan fingerprint density at radius 1 is 0.963 bits per heavy atom. The molecule has 2 N–H and O–H groups in total. The molecule has 4 amide bonds. The van der Waals surface area contributed by atoms with Crippen LogP contribution >= 0.6 is 11.6 Å². The number of phenols is 1. The lowest BCUT2D eigenvalue weighted by molar-refractivity contribution is -0.384. The number of hydrogen-bond acceptors (Lipinski definition) is 9. The van der Waals surface area contributed by atoms with E-state index in [9.17, 15) is 34.0 Å². The number of imide groups is 2. The Kier molecular flexibility index (Phi) is 8.48. The van der Waals surface area contributed by atoms with Gasteiger partial charge in [0.05, 0.1) is 46.1 Å². The lowest BCUT2D eigenvalue weighted by Crippen LogP contribution is -2.53. The van der Waals surface area contributed by atoms with Crippen LogP contribution in [0.1, 0.15) is 36.8 Å². The number of amides is 4. The third-order valence-corrected chi connectivity index (χ3v) is 11.4. The molecular weight excluding hydrogens is 719 g/mol. The highest BCUT2D eigenvalue weighted by atomic mass is 35.5. The molecule has 0 aromatic heterocycles. The van der Waals surface area contributed by atoms with Gasteiger partial charge in [0.1, 0.15) is 5.82 Å². The molecule has 2 heterocycles. The maximum absolute atomic E-state index is 15.3. The third-order valence-electron chi connectivity index (χ3n) is 11.2. The fourth-order valence-electron chi connectivity index (χ4n) is 9.01. The molecule has 4 aromatic rings. The summed E-state index contributed by atoms with van der Waals surface area (Å²) < 4.78 is 19.7. The van der Waals surface area contributed by atoms with E-state index >= 15 is 4.79 Å². The van der Waals surface area contributed by atoms with Crippen LogP contribution in [0.3, 0.4) is 0 Å². The number of hydrogen-bond donors (Lipinski definition) is 2. The van der Waals surface area contributed by atoms with Crippen molar-refractivity contribution in [3.63, 3.8) is 0 Å². The highest BCUT2D eigenvalue weighted by Gasteiger charge is 2.70. The minimum atomic E-state index is -1.63. The smallest absolute Gasteiger partial charge is 0.271 e. The van der Waals surface area contributed by atoms with Crippen LogP contribution in [0.2, 0.25) is 5.02 Å². The quantitative estimate of drug-likeness (QED) is 0.0867. The molecule has 3 fully saturated rings. The van der Waals surface area contributed by atoms with Gasteiger partial charge in [0.2, 0.25) is 11.8 Å². The molecule has 2 aliphatic heterocycles. The van der Waals surface area contributed by atoms with Crippen molar-refractivity contribution in [2.75, 3.05) is 16.9 Å². The number of halogens is 2. The Bertz CT molecular complexity index is 2280. The summed E-state index contributed by atoms with van der Waals surface area (Å²) in [6.45, 7) is 1.98. The van der Waals surface area contributed by atoms with Gasteiger partial charge >= 0.3 is 0 Å². The molecule has 4 aromatic carbocycles. The second-order valence-electron chi connectivity index (χ2n) is 13.8. The van der Waals surface area contributed by atoms with Gasteiger partial charge in [-0.05, 0) is 91.4 Å². The van der Waals surface area contributed by atoms with E-state index in [0.29, 0.717) is 21.7 Å². The largest absolute Gasteiger partial charge is 0.504 e. The van der Waals surface area contributed by atoms with E-state index in [-0.39, 0.29) is 48.0 Å². The maximum atomic E-state index is 15.3. The molecule has 8 rings (SSSR count). The van der Waals surface area contributed by atoms with E-state index in [1.165, 1.54) is 54.6 Å². The summed E-state index contributed by atoms with van der Waals surface area (Å²) in [5, 5.41) is 23.7. The van der Waals surface area contributed by atoms with Crippen LogP contribution in [0.15, 0.2) is 103 Å². The second kappa shape index (κ2) is 13.1. The minimum Gasteiger partial charge on any atom is -0.504 e. The summed E-state index contributed by atoms with van der Waals surface area (Å²) >= 11 is 6.35. The van der Waals surface area contributed by atoms with Crippen molar-refractivity contribution in [3.05, 3.63) is 135 Å². The predicted octanol–water partition coefficient (Wildman–Crippen LogP) is 6.68. The first kappa shape index (κ1) is 35.0. The van der Waals surface area contributed by atoms with Gasteiger partial charge in [0, 0.05) is 23.1 Å². The number of benzene rings is 4. The maximum Gasteiger partial charge on any atom is 0.271 e. The number of fused-ring (bicyclic) bond motifs is 4. The van der Waals surface area contributed by atoms with Crippen LogP contribution in [0, 0.1) is 39.6 Å². The van der Waals surface area contributed by atoms with Crippen LogP contribution < -0.4 is 15.1 Å². The molecule has 274 valence electrons. The van der Waals surface area contributed by atoms with Crippen molar-refractivity contribution < 1.29 is 38.3 Å². The average Bonchev–Trinajstić information content (AvgIpc) is 3.54. The monoisotopic (exact) mass is 750 g/mol. The number of phenolic OH excluding ortho intramolecular Hbond substituents is 1. The molecule has 0 bridgehead atoms. The Labute approximate surface area is 312 Å². The van der Waals surface area contributed by atoms with Crippen molar-refractivity contribution >= 4 is 52.3 Å². The van der Waals surface area contributed by atoms with Crippen LogP contribution in [0.25, 0.3) is 0 Å². The molecule has 1 saturated carbocycles. The Morgan fingerprint density at radius 3 is 2.41 bits per heavy atom. The number of ether oxygens (including phenoxy) is 1. The number of hydrazine groups is 1. The van der Waals surface area contributed by atoms with Crippen molar-refractivity contribution in [1.29, 1.82) is 0 Å². The van der Waals surface area contributed by atoms with Gasteiger partial charge < -0.3 is 9.84 Å². The first-order valence-electron chi connectivity index (χ1n) is 17.4. The number of nitro benzene ring substituents is 1. The number of aromatic hydroxyl groups is 1. The summed E-state index contributed by atoms with van der Waals surface area (Å²) in [6, 6.07) is 21.9. The second-order valence-corrected chi connectivity index (χ2v) is 14.3. The molecule has 6 atom stereocenters. The molecule has 2 saturated heterocycles. The van der Waals surface area contributed by atoms with Gasteiger partial charge in [-0.1, -0.05) is 47.5 Å². The zero-order valence-electron chi connectivity index (χ0n) is 28.6. The fourth-order valence-corrected chi connectivity index (χ4v) is 9.14. The van der Waals surface area contributed by atoms with Crippen molar-refractivity contribution in [2.24, 2.45) is 23.7 Å². The SMILES string of the molecule is CCOc1cc(C2C3=CCC4C(=O)N(c5cccc([N+](=O)[O-])c5)C(=O)C4C3CC3C(=O)N(Nc4ccc(F)cc4)C(=O)C32c2ccc(Cl)cc2)ccc1O. The predicted molar refractivity (Wildman–Crippen MR) is 194 cm³/mol. The zero-order chi connectivity index (χ0) is 38.1. The van der Waals surface area contributed by atoms with E-state index < -0.39 is 69.4 Å². The number of nitro groups is 1. The number of nitrogens with zero attached hydrogens (tertiary/aromatic N) is 3. The standard InChI is InChI=1S/C40H32ClFN4O8/c1-2-54-33-18-21(6-17-32(33)47)35-28-15-16-29-34(38(50)44(36(29)48)26-4-3-5-27(19-26)46(52)53)30(28)20-31-37(49)45(43-25-13-11-24(42)12-14-25)39(51)40(31,35)22-7-9-23(41)10-8-22/h3-15,17-19,29-31,34-35,43,47H,2,16,20H2,1H3. The van der Waals surface area contributed by atoms with Gasteiger partial charge in [-0.2, -0.15) is 5.01 Å². The summed E-state index contributed by atoms with van der Waals surface area (Å²) in [5.41, 5.74) is 2.99. The molecular formula is C40H32ClFN4O8. The highest BCUT2D eigenvalue weighted by molar-refractivity contribution is 6.30. The van der Waals surface area contributed by atoms with Crippen LogP contribution in [0.4, 0.5) is 21.5 Å². The average molecular weight is 751 g/mol. The molecule has 14 heteroatoms. The summed E-state index contributed by atoms with van der Waals surface area (Å²) in [7, 11) is 0. The van der Waals surface area contributed by atoms with Crippen molar-refractivity contribution in [3.8, 4) is 11.5 Å². The molecule has 54 heavy (non-hydrogen) atoms. The number of rotatable bonds is 8. The Morgan fingerprint density at radius 2 is 1.70 bits per heavy atom. The molecule has 4 aliphatic rings. The molecule has 6 unspecified atom stereocenters. The number of non-ortho nitro benzene ring substituents is 1. The highest BCUT2D eigenvalue weighted by Crippen LogP contribution is 2.64. The number of carbonyl (C=O) groups excluding carboxylic acids is 4. The van der Waals surface area contributed by atoms with E-state index in [1.54, 1.807) is 43.3 Å². The number of nitrogens with one attached hydrogen (secondary N) is 1. The first-order chi connectivity index (χ1) is 25.9. The van der Waals surface area contributed by atoms with Gasteiger partial charge in [0.25, 0.3) is 17.5 Å². The van der Waals surface area contributed by atoms with Crippen LogP contribution in [0.5, 0.6) is 11.5 Å². The van der Waals surface area contributed by atoms with E-state index in [1.807, 2.05) is 6.08 Å². The molecule has 0 spiro atoms. The summed E-state index contributed by atoms with van der Waals surface area (Å²) in [6.07, 6.45) is 1.99. The van der Waals surface area contributed by atoms with Crippen LogP contribution in [-0.4, -0.2) is 45.3 Å². The van der Waals surface area contributed by atoms with Crippen LogP contribution in [-0.2, 0) is 24.6 Å². The molecule has 2 aliphatic carbocycles. The number of allylic oxidation sites excluding steroid dienone is 2. The van der Waals surface area contributed by atoms with Gasteiger partial charge in [-0.15, -0.1) is 0 Å². The minimum absolute atomic E-state index is 0.00348. The Hall–Kier alpha value is -6.08. The fraction of sp³-hybridized carbons (Fsp3) is 0.250. The van der Waals surface area contributed by atoms with E-state index in [0.717, 1.165) is 9.91 Å². The van der Waals surface area contributed by atoms with E-state index in [2.05, 4.69) is 5.43 Å². The number of carbonyl (C=O) groups is 4. The Balaban J connectivity index is 1.32. The lowest BCUT2D eigenvalue weighted by atomic mass is 9.49. The van der Waals surface area contributed by atoms with E-state index in [4.69, 9.17) is 16.3 Å². The van der Waals surface area contributed by atoms with Crippen molar-refractivity contribution in [1.82, 2.24) is 5.01 Å².